The van der Waals surface area contributed by atoms with E-state index in [-0.39, 0.29) is 17.3 Å². The van der Waals surface area contributed by atoms with Crippen LogP contribution in [0.1, 0.15) is 57.7 Å². The van der Waals surface area contributed by atoms with Gasteiger partial charge in [-0.2, -0.15) is 0 Å². The van der Waals surface area contributed by atoms with E-state index < -0.39 is 12.1 Å². The zero-order valence-electron chi connectivity index (χ0n) is 21.2. The van der Waals surface area contributed by atoms with Gasteiger partial charge < -0.3 is 24.4 Å². The Kier molecular flexibility index (Phi) is 6.28. The number of carbonyl (C=O) groups is 1. The smallest absolute Gasteiger partial charge is 0.137 e. The highest BCUT2D eigenvalue weighted by atomic mass is 19.1. The Hall–Kier alpha value is -2.60. The van der Waals surface area contributed by atoms with Crippen LogP contribution in [-0.2, 0) is 6.42 Å². The van der Waals surface area contributed by atoms with E-state index in [1.54, 1.807) is 11.0 Å². The largest absolute Gasteiger partial charge is 0.530 e. The second-order valence-electron chi connectivity index (χ2n) is 11.7. The van der Waals surface area contributed by atoms with Gasteiger partial charge in [-0.1, -0.05) is 39.8 Å². The van der Waals surface area contributed by atoms with Crippen LogP contribution in [0.3, 0.4) is 0 Å². The molecule has 1 amide bonds. The van der Waals surface area contributed by atoms with Gasteiger partial charge in [-0.15, -0.1) is 0 Å². The quantitative estimate of drug-likeness (QED) is 0.592. The highest BCUT2D eigenvalue weighted by Crippen LogP contribution is 2.52. The number of carbonyl (C=O) groups excluding carboxylic acids is 1. The average Bonchev–Trinajstić information content (AvgIpc) is 3.07. The Morgan fingerprint density at radius 3 is 2.46 bits per heavy atom. The van der Waals surface area contributed by atoms with Crippen LogP contribution in [0, 0.1) is 23.1 Å². The predicted octanol–water partition coefficient (Wildman–Crippen LogP) is 4.89. The molecule has 5 nitrogen and oxygen atoms in total. The van der Waals surface area contributed by atoms with Crippen LogP contribution < -0.4 is 9.84 Å². The third-order valence-corrected chi connectivity index (χ3v) is 8.13. The van der Waals surface area contributed by atoms with Gasteiger partial charge in [0.05, 0.1) is 12.6 Å². The molecule has 1 aliphatic carbocycles. The van der Waals surface area contributed by atoms with E-state index >= 15 is 4.39 Å². The van der Waals surface area contributed by atoms with Gasteiger partial charge in [-0.05, 0) is 90.6 Å². The second-order valence-corrected chi connectivity index (χ2v) is 11.7. The summed E-state index contributed by atoms with van der Waals surface area (Å²) < 4.78 is 21.3. The molecule has 2 atom stereocenters. The minimum atomic E-state index is -1.14. The maximum Gasteiger partial charge on any atom is 0.137 e. The van der Waals surface area contributed by atoms with Crippen molar-refractivity contribution < 1.29 is 19.0 Å². The van der Waals surface area contributed by atoms with Gasteiger partial charge in [0.2, 0.25) is 0 Å². The molecule has 0 unspecified atom stereocenters. The number of carboxylic acid groups (broad SMARTS) is 1. The van der Waals surface area contributed by atoms with Crippen molar-refractivity contribution in [1.29, 1.82) is 0 Å². The van der Waals surface area contributed by atoms with E-state index in [0.717, 1.165) is 54.9 Å². The maximum atomic E-state index is 15.5. The molecule has 6 heteroatoms. The minimum Gasteiger partial charge on any atom is -0.530 e. The van der Waals surface area contributed by atoms with Crippen LogP contribution in [-0.4, -0.2) is 48.2 Å². The summed E-state index contributed by atoms with van der Waals surface area (Å²) in [7, 11) is 0. The van der Waals surface area contributed by atoms with E-state index in [2.05, 4.69) is 32.6 Å². The van der Waals surface area contributed by atoms with E-state index in [1.807, 2.05) is 30.3 Å². The summed E-state index contributed by atoms with van der Waals surface area (Å²) in [6.07, 6.45) is 1.58. The Labute approximate surface area is 207 Å². The van der Waals surface area contributed by atoms with Crippen LogP contribution in [0.5, 0.6) is 5.75 Å². The Bertz CT molecular complexity index is 1090. The van der Waals surface area contributed by atoms with Crippen molar-refractivity contribution in [2.75, 3.05) is 26.2 Å². The first-order valence-corrected chi connectivity index (χ1v) is 12.9. The molecule has 0 spiro atoms. The van der Waals surface area contributed by atoms with Crippen LogP contribution in [0.4, 0.5) is 9.18 Å². The molecule has 2 aromatic rings. The van der Waals surface area contributed by atoms with E-state index in [0.29, 0.717) is 30.4 Å². The monoisotopic (exact) mass is 479 g/mol. The molecule has 2 aromatic carbocycles. The molecular weight excluding hydrogens is 443 g/mol. The van der Waals surface area contributed by atoms with E-state index in [9.17, 15) is 9.90 Å². The zero-order chi connectivity index (χ0) is 24.9. The number of ether oxygens (including phenoxy) is 1. The number of nitrogens with zero attached hydrogens (tertiary/aromatic N) is 2. The van der Waals surface area contributed by atoms with Crippen molar-refractivity contribution >= 4 is 6.09 Å². The van der Waals surface area contributed by atoms with Crippen LogP contribution in [0.25, 0.3) is 11.1 Å². The summed E-state index contributed by atoms with van der Waals surface area (Å²) in [6, 6.07) is 10.5. The van der Waals surface area contributed by atoms with Crippen molar-refractivity contribution in [1.82, 2.24) is 9.80 Å². The van der Waals surface area contributed by atoms with Crippen molar-refractivity contribution in [3.05, 3.63) is 53.3 Å². The number of amides is 1. The average molecular weight is 480 g/mol. The van der Waals surface area contributed by atoms with Crippen LogP contribution in [0.2, 0.25) is 0 Å². The summed E-state index contributed by atoms with van der Waals surface area (Å²) in [5.41, 5.74) is 2.78. The number of benzene rings is 2. The van der Waals surface area contributed by atoms with E-state index in [1.165, 1.54) is 0 Å². The van der Waals surface area contributed by atoms with Gasteiger partial charge in [-0.25, -0.2) is 4.39 Å². The molecule has 6 rings (SSSR count). The fraction of sp³-hybridized carbons (Fsp3) is 0.552. The number of halogens is 1. The molecule has 0 N–H and O–H groups in total. The van der Waals surface area contributed by atoms with Gasteiger partial charge in [0.25, 0.3) is 0 Å². The lowest BCUT2D eigenvalue weighted by Gasteiger charge is -2.53. The predicted molar refractivity (Wildman–Crippen MR) is 133 cm³/mol. The second kappa shape index (κ2) is 9.12. The number of hydrogen-bond donors (Lipinski definition) is 0. The standard InChI is InChI=1S/C29H37FN2O3/c1-18(2)17-35-22-7-5-19(6-8-22)23-13-21-15-29(3,4)27(24(21)14-25(23)30)32(28(33)34)26-16-31-11-9-20(26)10-12-31/h5-8,13-14,18,20,26-27H,9-12,15-17H2,1-4H3,(H,33,34)/p-1/t26-,27+/m1/s1. The molecule has 3 aliphatic heterocycles. The summed E-state index contributed by atoms with van der Waals surface area (Å²) >= 11 is 0. The number of fused-ring (bicyclic) bond motifs is 4. The molecule has 0 saturated carbocycles. The normalized spacial score (nSPS) is 26.6. The highest BCUT2D eigenvalue weighted by Gasteiger charge is 2.48. The van der Waals surface area contributed by atoms with Gasteiger partial charge >= 0.3 is 0 Å². The molecule has 0 radical (unpaired) electrons. The lowest BCUT2D eigenvalue weighted by molar-refractivity contribution is -0.276. The Morgan fingerprint density at radius 1 is 1.20 bits per heavy atom. The third-order valence-electron chi connectivity index (χ3n) is 8.13. The molecule has 2 bridgehead atoms. The van der Waals surface area contributed by atoms with Crippen molar-refractivity contribution in [2.45, 2.75) is 59.0 Å². The summed E-state index contributed by atoms with van der Waals surface area (Å²) in [4.78, 5) is 16.5. The number of rotatable bonds is 6. The molecular formula is C29H36FN2O3-. The molecule has 0 aromatic heterocycles. The van der Waals surface area contributed by atoms with Crippen molar-refractivity contribution in [3.8, 4) is 16.9 Å². The molecule has 188 valence electrons. The first-order chi connectivity index (χ1) is 16.6. The number of hydrogen-bond acceptors (Lipinski definition) is 4. The van der Waals surface area contributed by atoms with Crippen LogP contribution >= 0.6 is 0 Å². The number of piperidine rings is 3. The highest BCUT2D eigenvalue weighted by molar-refractivity contribution is 5.69. The topological polar surface area (TPSA) is 55.8 Å². The summed E-state index contributed by atoms with van der Waals surface area (Å²) in [5, 5.41) is 12.6. The molecule has 3 saturated heterocycles. The summed E-state index contributed by atoms with van der Waals surface area (Å²) in [5.74, 6) is 1.22. The lowest BCUT2D eigenvalue weighted by Crippen LogP contribution is -2.62. The van der Waals surface area contributed by atoms with Gasteiger partial charge in [-0.3, -0.25) is 0 Å². The Morgan fingerprint density at radius 2 is 1.89 bits per heavy atom. The van der Waals surface area contributed by atoms with Gasteiger partial charge in [0.1, 0.15) is 17.7 Å². The van der Waals surface area contributed by atoms with E-state index in [4.69, 9.17) is 4.74 Å². The first-order valence-electron chi connectivity index (χ1n) is 12.9. The maximum absolute atomic E-state index is 15.5. The molecule has 3 fully saturated rings. The molecule has 4 aliphatic rings. The fourth-order valence-electron chi connectivity index (χ4n) is 6.47. The first kappa shape index (κ1) is 24.1. The summed E-state index contributed by atoms with van der Waals surface area (Å²) in [6.45, 7) is 11.8. The lowest BCUT2D eigenvalue weighted by atomic mass is 9.79. The minimum absolute atomic E-state index is 0.0983. The zero-order valence-corrected chi connectivity index (χ0v) is 21.2. The fourth-order valence-corrected chi connectivity index (χ4v) is 6.47. The van der Waals surface area contributed by atoms with Crippen molar-refractivity contribution in [3.63, 3.8) is 0 Å². The Balaban J connectivity index is 1.47. The van der Waals surface area contributed by atoms with Crippen molar-refractivity contribution in [2.24, 2.45) is 17.3 Å². The SMILES string of the molecule is CC(C)COc1ccc(-c2cc3c(cc2F)[C@H](N(C(=O)[O-])[C@@H]2CN4CCC2CC4)C(C)(C)C3)cc1. The van der Waals surface area contributed by atoms with Gasteiger partial charge in [0, 0.05) is 18.2 Å². The van der Waals surface area contributed by atoms with Crippen LogP contribution in [0.15, 0.2) is 36.4 Å². The third kappa shape index (κ3) is 4.53. The van der Waals surface area contributed by atoms with Gasteiger partial charge in [0.15, 0.2) is 0 Å². The molecule has 3 heterocycles. The molecule has 35 heavy (non-hydrogen) atoms.